The first-order chi connectivity index (χ1) is 12.6. The monoisotopic (exact) mass is 349 g/mol. The first-order valence-corrected chi connectivity index (χ1v) is 8.93. The van der Waals surface area contributed by atoms with E-state index in [0.717, 1.165) is 24.9 Å². The standard InChI is InChI=1S/C21H23N3O2/c1-2-3-13-24(14-15-7-5-4-6-8-15)17-10-9-16-19(20(17)21(22)26)18(25)11-12-23-16/h4-10,12H,2-3,11,13-14H2,1H3,(H2,22,26). The highest BCUT2D eigenvalue weighted by atomic mass is 16.1. The lowest BCUT2D eigenvalue weighted by Crippen LogP contribution is -2.29. The minimum atomic E-state index is -0.586. The third kappa shape index (κ3) is 3.67. The second-order valence-corrected chi connectivity index (χ2v) is 6.42. The quantitative estimate of drug-likeness (QED) is 0.824. The van der Waals surface area contributed by atoms with Crippen molar-refractivity contribution in [2.24, 2.45) is 10.7 Å². The largest absolute Gasteiger partial charge is 0.367 e. The maximum absolute atomic E-state index is 12.4. The predicted octanol–water partition coefficient (Wildman–Crippen LogP) is 3.88. The van der Waals surface area contributed by atoms with E-state index < -0.39 is 5.91 Å². The van der Waals surface area contributed by atoms with Crippen LogP contribution < -0.4 is 10.6 Å². The third-order valence-corrected chi connectivity index (χ3v) is 4.53. The molecule has 2 aromatic rings. The zero-order valence-corrected chi connectivity index (χ0v) is 14.9. The highest BCUT2D eigenvalue weighted by Gasteiger charge is 2.26. The maximum atomic E-state index is 12.4. The molecule has 0 aromatic heterocycles. The molecule has 0 saturated carbocycles. The molecular formula is C21H23N3O2. The fourth-order valence-corrected chi connectivity index (χ4v) is 3.25. The number of fused-ring (bicyclic) bond motifs is 1. The number of anilines is 1. The molecule has 26 heavy (non-hydrogen) atoms. The van der Waals surface area contributed by atoms with Crippen molar-refractivity contribution in [2.45, 2.75) is 32.7 Å². The zero-order chi connectivity index (χ0) is 18.5. The Morgan fingerprint density at radius 2 is 1.96 bits per heavy atom. The number of amides is 1. The van der Waals surface area contributed by atoms with E-state index in [0.29, 0.717) is 23.5 Å². The highest BCUT2D eigenvalue weighted by Crippen LogP contribution is 2.34. The van der Waals surface area contributed by atoms with Gasteiger partial charge in [0.1, 0.15) is 0 Å². The molecule has 3 rings (SSSR count). The van der Waals surface area contributed by atoms with Crippen molar-refractivity contribution in [1.29, 1.82) is 0 Å². The number of hydrogen-bond acceptors (Lipinski definition) is 4. The van der Waals surface area contributed by atoms with Crippen LogP contribution in [-0.4, -0.2) is 24.4 Å². The number of hydrogen-bond donors (Lipinski definition) is 1. The van der Waals surface area contributed by atoms with Gasteiger partial charge in [0, 0.05) is 25.7 Å². The number of primary amides is 1. The number of nitrogens with zero attached hydrogens (tertiary/aromatic N) is 2. The van der Waals surface area contributed by atoms with E-state index in [1.54, 1.807) is 12.3 Å². The van der Waals surface area contributed by atoms with Gasteiger partial charge in [-0.15, -0.1) is 0 Å². The van der Waals surface area contributed by atoms with Crippen LogP contribution in [0.3, 0.4) is 0 Å². The van der Waals surface area contributed by atoms with Gasteiger partial charge in [-0.05, 0) is 24.1 Å². The first kappa shape index (κ1) is 17.9. The van der Waals surface area contributed by atoms with Crippen molar-refractivity contribution >= 4 is 29.3 Å². The number of rotatable bonds is 7. The van der Waals surface area contributed by atoms with Gasteiger partial charge in [-0.3, -0.25) is 14.6 Å². The van der Waals surface area contributed by atoms with Crippen LogP contribution in [0.5, 0.6) is 0 Å². The van der Waals surface area contributed by atoms with Crippen LogP contribution in [0.25, 0.3) is 0 Å². The SMILES string of the molecule is CCCCN(Cc1ccccc1)c1ccc2c(c1C(N)=O)C(=O)CC=N2. The normalized spacial score (nSPS) is 12.7. The van der Waals surface area contributed by atoms with Crippen LogP contribution in [-0.2, 0) is 6.54 Å². The Morgan fingerprint density at radius 3 is 2.65 bits per heavy atom. The summed E-state index contributed by atoms with van der Waals surface area (Å²) in [6.45, 7) is 3.56. The lowest BCUT2D eigenvalue weighted by atomic mass is 9.95. The first-order valence-electron chi connectivity index (χ1n) is 8.93. The molecule has 0 atom stereocenters. The summed E-state index contributed by atoms with van der Waals surface area (Å²) in [6.07, 6.45) is 3.79. The molecule has 0 fully saturated rings. The van der Waals surface area contributed by atoms with Crippen LogP contribution >= 0.6 is 0 Å². The van der Waals surface area contributed by atoms with E-state index >= 15 is 0 Å². The number of nitrogens with two attached hydrogens (primary N) is 1. The Bertz CT molecular complexity index is 844. The zero-order valence-electron chi connectivity index (χ0n) is 14.9. The number of aliphatic imine (C=N–C) groups is 1. The summed E-state index contributed by atoms with van der Waals surface area (Å²) in [7, 11) is 0. The second-order valence-electron chi connectivity index (χ2n) is 6.42. The molecule has 5 nitrogen and oxygen atoms in total. The number of unbranched alkanes of at least 4 members (excludes halogenated alkanes) is 1. The van der Waals surface area contributed by atoms with Crippen molar-refractivity contribution < 1.29 is 9.59 Å². The Kier molecular flexibility index (Phi) is 5.46. The minimum absolute atomic E-state index is 0.110. The molecule has 0 aliphatic carbocycles. The Hall–Kier alpha value is -2.95. The van der Waals surface area contributed by atoms with Crippen molar-refractivity contribution in [1.82, 2.24) is 0 Å². The number of carbonyl (C=O) groups excluding carboxylic acids is 2. The summed E-state index contributed by atoms with van der Waals surface area (Å²) in [5, 5.41) is 0. The Labute approximate surface area is 153 Å². The second kappa shape index (κ2) is 7.95. The van der Waals surface area contributed by atoms with Gasteiger partial charge in [0.2, 0.25) is 0 Å². The molecule has 2 aromatic carbocycles. The highest BCUT2D eigenvalue weighted by molar-refractivity contribution is 6.18. The van der Waals surface area contributed by atoms with E-state index in [4.69, 9.17) is 5.73 Å². The molecule has 5 heteroatoms. The van der Waals surface area contributed by atoms with E-state index in [-0.39, 0.29) is 17.8 Å². The molecule has 1 heterocycles. The number of Topliss-reactive ketones (excluding diaryl/α,β-unsaturated/α-hetero) is 1. The van der Waals surface area contributed by atoms with Crippen LogP contribution in [0, 0.1) is 0 Å². The van der Waals surface area contributed by atoms with Gasteiger partial charge >= 0.3 is 0 Å². The van der Waals surface area contributed by atoms with Crippen molar-refractivity contribution in [2.75, 3.05) is 11.4 Å². The smallest absolute Gasteiger partial charge is 0.251 e. The van der Waals surface area contributed by atoms with E-state index in [1.165, 1.54) is 0 Å². The lowest BCUT2D eigenvalue weighted by Gasteiger charge is -2.28. The molecular weight excluding hydrogens is 326 g/mol. The fourth-order valence-electron chi connectivity index (χ4n) is 3.25. The number of benzene rings is 2. The summed E-state index contributed by atoms with van der Waals surface area (Å²) in [5.41, 5.74) is 8.70. The number of carbonyl (C=O) groups is 2. The van der Waals surface area contributed by atoms with Gasteiger partial charge < -0.3 is 10.6 Å². The Balaban J connectivity index is 2.08. The van der Waals surface area contributed by atoms with Crippen molar-refractivity contribution in [3.63, 3.8) is 0 Å². The van der Waals surface area contributed by atoms with Crippen molar-refractivity contribution in [3.8, 4) is 0 Å². The average Bonchev–Trinajstić information content (AvgIpc) is 2.65. The van der Waals surface area contributed by atoms with Gasteiger partial charge in [0.05, 0.1) is 22.5 Å². The molecule has 134 valence electrons. The molecule has 0 bridgehead atoms. The summed E-state index contributed by atoms with van der Waals surface area (Å²) >= 11 is 0. The topological polar surface area (TPSA) is 75.8 Å². The van der Waals surface area contributed by atoms with E-state index in [2.05, 4.69) is 28.9 Å². The maximum Gasteiger partial charge on any atom is 0.251 e. The molecule has 0 radical (unpaired) electrons. The molecule has 0 spiro atoms. The lowest BCUT2D eigenvalue weighted by molar-refractivity contribution is 0.0968. The number of ketones is 1. The van der Waals surface area contributed by atoms with Gasteiger partial charge in [0.15, 0.2) is 5.78 Å². The molecule has 0 unspecified atom stereocenters. The molecule has 0 saturated heterocycles. The van der Waals surface area contributed by atoms with Crippen LogP contribution in [0.15, 0.2) is 47.5 Å². The van der Waals surface area contributed by atoms with Gasteiger partial charge in [-0.25, -0.2) is 0 Å². The van der Waals surface area contributed by atoms with E-state index in [9.17, 15) is 9.59 Å². The fraction of sp³-hybridized carbons (Fsp3) is 0.286. The van der Waals surface area contributed by atoms with E-state index in [1.807, 2.05) is 24.3 Å². The van der Waals surface area contributed by atoms with Crippen LogP contribution in [0.4, 0.5) is 11.4 Å². The summed E-state index contributed by atoms with van der Waals surface area (Å²) in [5.74, 6) is -0.697. The average molecular weight is 349 g/mol. The minimum Gasteiger partial charge on any atom is -0.367 e. The molecule has 1 amide bonds. The molecule has 2 N–H and O–H groups in total. The van der Waals surface area contributed by atoms with Gasteiger partial charge in [-0.1, -0.05) is 43.7 Å². The van der Waals surface area contributed by atoms with Gasteiger partial charge in [-0.2, -0.15) is 0 Å². The third-order valence-electron chi connectivity index (χ3n) is 4.53. The summed E-state index contributed by atoms with van der Waals surface area (Å²) in [6, 6.07) is 13.7. The Morgan fingerprint density at radius 1 is 1.19 bits per heavy atom. The summed E-state index contributed by atoms with van der Waals surface area (Å²) < 4.78 is 0. The van der Waals surface area contributed by atoms with Crippen LogP contribution in [0.2, 0.25) is 0 Å². The van der Waals surface area contributed by atoms with Gasteiger partial charge in [0.25, 0.3) is 5.91 Å². The summed E-state index contributed by atoms with van der Waals surface area (Å²) in [4.78, 5) is 31.1. The molecule has 1 aliphatic rings. The van der Waals surface area contributed by atoms with Crippen LogP contribution in [0.1, 0.15) is 52.5 Å². The molecule has 1 aliphatic heterocycles. The van der Waals surface area contributed by atoms with Crippen molar-refractivity contribution in [3.05, 3.63) is 59.2 Å². The predicted molar refractivity (Wildman–Crippen MR) is 104 cm³/mol.